The molecule has 0 amide bonds. The SMILES string of the molecule is COC(=O)CSc1nnc(C(N)Cc2ccc(Cl)cc2)n1CC1CCCO1. The van der Waals surface area contributed by atoms with Gasteiger partial charge in [-0.15, -0.1) is 10.2 Å². The Morgan fingerprint density at radius 1 is 1.44 bits per heavy atom. The highest BCUT2D eigenvalue weighted by molar-refractivity contribution is 7.99. The van der Waals surface area contributed by atoms with Crippen molar-refractivity contribution in [3.8, 4) is 0 Å². The maximum absolute atomic E-state index is 11.5. The average molecular weight is 411 g/mol. The molecule has 2 aromatic rings. The average Bonchev–Trinajstić information content (AvgIpc) is 3.32. The van der Waals surface area contributed by atoms with Crippen molar-refractivity contribution < 1.29 is 14.3 Å². The fourth-order valence-electron chi connectivity index (χ4n) is 2.99. The number of nitrogens with zero attached hydrogens (tertiary/aromatic N) is 3. The van der Waals surface area contributed by atoms with Gasteiger partial charge in [-0.05, 0) is 37.0 Å². The Morgan fingerprint density at radius 2 is 2.22 bits per heavy atom. The Morgan fingerprint density at radius 3 is 2.89 bits per heavy atom. The molecule has 1 aromatic carbocycles. The van der Waals surface area contributed by atoms with E-state index in [0.717, 1.165) is 25.0 Å². The van der Waals surface area contributed by atoms with E-state index in [4.69, 9.17) is 26.8 Å². The lowest BCUT2D eigenvalue weighted by Gasteiger charge is -2.17. The smallest absolute Gasteiger partial charge is 0.316 e. The van der Waals surface area contributed by atoms with Crippen LogP contribution in [0.1, 0.15) is 30.3 Å². The Labute approximate surface area is 167 Å². The van der Waals surface area contributed by atoms with Crippen LogP contribution in [0, 0.1) is 0 Å². The minimum Gasteiger partial charge on any atom is -0.468 e. The minimum absolute atomic E-state index is 0.111. The summed E-state index contributed by atoms with van der Waals surface area (Å²) in [5.41, 5.74) is 7.51. The molecule has 0 aliphatic carbocycles. The van der Waals surface area contributed by atoms with Gasteiger partial charge in [-0.25, -0.2) is 0 Å². The molecule has 2 N–H and O–H groups in total. The number of hydrogen-bond donors (Lipinski definition) is 1. The van der Waals surface area contributed by atoms with Gasteiger partial charge in [0.15, 0.2) is 11.0 Å². The molecule has 2 heterocycles. The molecule has 27 heavy (non-hydrogen) atoms. The number of benzene rings is 1. The maximum atomic E-state index is 11.5. The molecule has 2 atom stereocenters. The number of esters is 1. The molecule has 1 fully saturated rings. The summed E-state index contributed by atoms with van der Waals surface area (Å²) in [5, 5.41) is 9.90. The molecule has 9 heteroatoms. The van der Waals surface area contributed by atoms with E-state index in [0.29, 0.717) is 29.0 Å². The largest absolute Gasteiger partial charge is 0.468 e. The van der Waals surface area contributed by atoms with Crippen LogP contribution in [0.4, 0.5) is 0 Å². The first-order valence-corrected chi connectivity index (χ1v) is 10.2. The van der Waals surface area contributed by atoms with Crippen LogP contribution in [0.5, 0.6) is 0 Å². The third kappa shape index (κ3) is 5.44. The Bertz CT molecular complexity index is 762. The summed E-state index contributed by atoms with van der Waals surface area (Å²) in [4.78, 5) is 11.5. The number of nitrogens with two attached hydrogens (primary N) is 1. The number of aromatic nitrogens is 3. The van der Waals surface area contributed by atoms with Gasteiger partial charge in [0.05, 0.1) is 31.6 Å². The van der Waals surface area contributed by atoms with Crippen molar-refractivity contribution in [3.63, 3.8) is 0 Å². The second kappa shape index (κ2) is 9.54. The summed E-state index contributed by atoms with van der Waals surface area (Å²) in [7, 11) is 1.37. The first-order chi connectivity index (χ1) is 13.1. The number of carbonyl (C=O) groups excluding carboxylic acids is 1. The van der Waals surface area contributed by atoms with Crippen LogP contribution in [0.25, 0.3) is 0 Å². The van der Waals surface area contributed by atoms with Crippen LogP contribution in [0.15, 0.2) is 29.4 Å². The van der Waals surface area contributed by atoms with Gasteiger partial charge < -0.3 is 19.8 Å². The lowest BCUT2D eigenvalue weighted by atomic mass is 10.1. The second-order valence-electron chi connectivity index (χ2n) is 6.39. The molecule has 1 saturated heterocycles. The molecule has 1 aromatic heterocycles. The fraction of sp³-hybridized carbons (Fsp3) is 0.500. The predicted octanol–water partition coefficient (Wildman–Crippen LogP) is 2.62. The number of rotatable bonds is 8. The van der Waals surface area contributed by atoms with E-state index in [9.17, 15) is 4.79 Å². The number of ether oxygens (including phenoxy) is 2. The van der Waals surface area contributed by atoms with Crippen molar-refractivity contribution in [1.82, 2.24) is 14.8 Å². The van der Waals surface area contributed by atoms with Crippen molar-refractivity contribution in [2.45, 2.75) is 43.1 Å². The van der Waals surface area contributed by atoms with Crippen LogP contribution in [0.2, 0.25) is 5.02 Å². The molecule has 7 nitrogen and oxygen atoms in total. The Kier molecular flexibility index (Phi) is 7.12. The standard InChI is InChI=1S/C18H23ClN4O3S/c1-25-16(24)11-27-18-22-21-17(23(18)10-14-3-2-8-26-14)15(20)9-12-4-6-13(19)7-5-12/h4-7,14-15H,2-3,8-11,20H2,1H3. The van der Waals surface area contributed by atoms with Gasteiger partial charge >= 0.3 is 5.97 Å². The minimum atomic E-state index is -0.326. The van der Waals surface area contributed by atoms with Crippen molar-refractivity contribution in [2.24, 2.45) is 5.73 Å². The maximum Gasteiger partial charge on any atom is 0.316 e. The first-order valence-electron chi connectivity index (χ1n) is 8.81. The van der Waals surface area contributed by atoms with E-state index in [1.165, 1.54) is 18.9 Å². The zero-order valence-corrected chi connectivity index (χ0v) is 16.7. The van der Waals surface area contributed by atoms with Crippen LogP contribution < -0.4 is 5.73 Å². The highest BCUT2D eigenvalue weighted by Gasteiger charge is 2.24. The summed E-state index contributed by atoms with van der Waals surface area (Å²) in [6.07, 6.45) is 2.76. The van der Waals surface area contributed by atoms with Gasteiger partial charge in [0.1, 0.15) is 0 Å². The quantitative estimate of drug-likeness (QED) is 0.528. The molecule has 2 unspecified atom stereocenters. The third-order valence-electron chi connectivity index (χ3n) is 4.40. The van der Waals surface area contributed by atoms with E-state index in [-0.39, 0.29) is 23.9 Å². The topological polar surface area (TPSA) is 92.3 Å². The summed E-state index contributed by atoms with van der Waals surface area (Å²) < 4.78 is 12.4. The Balaban J connectivity index is 1.78. The summed E-state index contributed by atoms with van der Waals surface area (Å²) in [6.45, 7) is 1.39. The second-order valence-corrected chi connectivity index (χ2v) is 7.77. The number of methoxy groups -OCH3 is 1. The van der Waals surface area contributed by atoms with Crippen molar-refractivity contribution in [2.75, 3.05) is 19.5 Å². The predicted molar refractivity (Wildman–Crippen MR) is 104 cm³/mol. The van der Waals surface area contributed by atoms with E-state index < -0.39 is 0 Å². The van der Waals surface area contributed by atoms with Gasteiger partial charge in [-0.2, -0.15) is 0 Å². The number of halogens is 1. The van der Waals surface area contributed by atoms with E-state index in [1.54, 1.807) is 0 Å². The monoisotopic (exact) mass is 410 g/mol. The zero-order chi connectivity index (χ0) is 19.2. The lowest BCUT2D eigenvalue weighted by molar-refractivity contribution is -0.137. The van der Waals surface area contributed by atoms with Crippen molar-refractivity contribution in [3.05, 3.63) is 40.7 Å². The molecule has 0 saturated carbocycles. The molecule has 0 spiro atoms. The summed E-state index contributed by atoms with van der Waals surface area (Å²) >= 11 is 7.24. The van der Waals surface area contributed by atoms with Gasteiger partial charge in [-0.3, -0.25) is 4.79 Å². The van der Waals surface area contributed by atoms with Crippen LogP contribution in [0.3, 0.4) is 0 Å². The van der Waals surface area contributed by atoms with Crippen LogP contribution >= 0.6 is 23.4 Å². The normalized spacial score (nSPS) is 17.8. The molecule has 146 valence electrons. The Hall–Kier alpha value is -1.61. The van der Waals surface area contributed by atoms with Gasteiger partial charge in [-0.1, -0.05) is 35.5 Å². The van der Waals surface area contributed by atoms with Crippen LogP contribution in [-0.4, -0.2) is 46.3 Å². The van der Waals surface area contributed by atoms with E-state index >= 15 is 0 Å². The van der Waals surface area contributed by atoms with E-state index in [1.807, 2.05) is 28.8 Å². The van der Waals surface area contributed by atoms with Gasteiger partial charge in [0.2, 0.25) is 0 Å². The summed E-state index contributed by atoms with van der Waals surface area (Å²) in [6, 6.07) is 7.27. The molecular formula is C18H23ClN4O3S. The highest BCUT2D eigenvalue weighted by Crippen LogP contribution is 2.25. The number of carbonyl (C=O) groups is 1. The molecule has 3 rings (SSSR count). The molecule has 0 radical (unpaired) electrons. The molecule has 1 aliphatic rings. The number of thioether (sulfide) groups is 1. The van der Waals surface area contributed by atoms with Crippen molar-refractivity contribution in [1.29, 1.82) is 0 Å². The zero-order valence-electron chi connectivity index (χ0n) is 15.1. The molecular weight excluding hydrogens is 388 g/mol. The van der Waals surface area contributed by atoms with Gasteiger partial charge in [0, 0.05) is 11.6 Å². The van der Waals surface area contributed by atoms with Gasteiger partial charge in [0.25, 0.3) is 0 Å². The lowest BCUT2D eigenvalue weighted by Crippen LogP contribution is -2.23. The van der Waals surface area contributed by atoms with Crippen molar-refractivity contribution >= 4 is 29.3 Å². The third-order valence-corrected chi connectivity index (χ3v) is 5.60. The molecule has 1 aliphatic heterocycles. The number of hydrogen-bond acceptors (Lipinski definition) is 7. The molecule has 0 bridgehead atoms. The first kappa shape index (κ1) is 20.1. The fourth-order valence-corrected chi connectivity index (χ4v) is 3.91. The highest BCUT2D eigenvalue weighted by atomic mass is 35.5. The van der Waals surface area contributed by atoms with E-state index in [2.05, 4.69) is 10.2 Å². The summed E-state index contributed by atoms with van der Waals surface area (Å²) in [5.74, 6) is 0.554. The van der Waals surface area contributed by atoms with Crippen LogP contribution in [-0.2, 0) is 27.2 Å².